The van der Waals surface area contributed by atoms with E-state index in [1.54, 1.807) is 6.07 Å². The SMILES string of the molecule is O=C1N[C@@]2(CCOc3ccccc32)C(=O)N1Cc1ccccc1Cl. The average molecular weight is 343 g/mol. The molecule has 2 aliphatic rings. The maximum atomic E-state index is 13.1. The van der Waals surface area contributed by atoms with Crippen molar-refractivity contribution in [2.45, 2.75) is 18.5 Å². The van der Waals surface area contributed by atoms with E-state index in [2.05, 4.69) is 5.32 Å². The summed E-state index contributed by atoms with van der Waals surface area (Å²) < 4.78 is 5.62. The molecule has 0 saturated carbocycles. The number of carbonyl (C=O) groups is 2. The first-order valence-electron chi connectivity index (χ1n) is 7.72. The zero-order valence-electron chi connectivity index (χ0n) is 12.8. The Labute approximate surface area is 144 Å². The molecule has 0 aliphatic carbocycles. The van der Waals surface area contributed by atoms with Crippen molar-refractivity contribution in [2.24, 2.45) is 0 Å². The summed E-state index contributed by atoms with van der Waals surface area (Å²) in [6.45, 7) is 0.526. The summed E-state index contributed by atoms with van der Waals surface area (Å²) in [6.07, 6.45) is 0.410. The summed E-state index contributed by atoms with van der Waals surface area (Å²) in [4.78, 5) is 26.8. The molecule has 1 saturated heterocycles. The van der Waals surface area contributed by atoms with Gasteiger partial charge >= 0.3 is 6.03 Å². The summed E-state index contributed by atoms with van der Waals surface area (Å²) in [5, 5.41) is 3.41. The summed E-state index contributed by atoms with van der Waals surface area (Å²) in [6, 6.07) is 14.1. The maximum absolute atomic E-state index is 13.1. The van der Waals surface area contributed by atoms with Gasteiger partial charge in [0.05, 0.1) is 13.2 Å². The number of para-hydroxylation sites is 1. The minimum absolute atomic E-state index is 0.148. The van der Waals surface area contributed by atoms with Gasteiger partial charge in [-0.3, -0.25) is 9.69 Å². The predicted molar refractivity (Wildman–Crippen MR) is 88.8 cm³/mol. The first-order valence-corrected chi connectivity index (χ1v) is 8.09. The third-order valence-corrected chi connectivity index (χ3v) is 4.91. The molecule has 0 radical (unpaired) electrons. The molecule has 0 unspecified atom stereocenters. The third-order valence-electron chi connectivity index (χ3n) is 4.54. The van der Waals surface area contributed by atoms with Gasteiger partial charge in [-0.05, 0) is 17.7 Å². The van der Waals surface area contributed by atoms with E-state index in [1.165, 1.54) is 4.90 Å². The molecule has 122 valence electrons. The fourth-order valence-corrected chi connectivity index (χ4v) is 3.51. The number of imide groups is 1. The number of fused-ring (bicyclic) bond motifs is 2. The monoisotopic (exact) mass is 342 g/mol. The molecule has 4 rings (SSSR count). The predicted octanol–water partition coefficient (Wildman–Crippen LogP) is 3.07. The Kier molecular flexibility index (Phi) is 3.46. The third kappa shape index (κ3) is 2.16. The number of rotatable bonds is 2. The molecule has 0 aromatic heterocycles. The van der Waals surface area contributed by atoms with Gasteiger partial charge in [-0.25, -0.2) is 4.79 Å². The molecule has 1 fully saturated rings. The summed E-state index contributed by atoms with van der Waals surface area (Å²) in [7, 11) is 0. The van der Waals surface area contributed by atoms with Crippen LogP contribution in [0.1, 0.15) is 17.5 Å². The zero-order valence-corrected chi connectivity index (χ0v) is 13.5. The molecule has 2 aromatic rings. The number of halogens is 1. The van der Waals surface area contributed by atoms with E-state index in [9.17, 15) is 9.59 Å². The molecule has 1 spiro atoms. The fourth-order valence-electron chi connectivity index (χ4n) is 3.31. The molecule has 2 heterocycles. The van der Waals surface area contributed by atoms with Crippen LogP contribution in [0.15, 0.2) is 48.5 Å². The van der Waals surface area contributed by atoms with Crippen LogP contribution in [0.3, 0.4) is 0 Å². The lowest BCUT2D eigenvalue weighted by Gasteiger charge is -2.33. The topological polar surface area (TPSA) is 58.6 Å². The molecule has 0 bridgehead atoms. The van der Waals surface area contributed by atoms with Gasteiger partial charge < -0.3 is 10.1 Å². The summed E-state index contributed by atoms with van der Waals surface area (Å²) in [5.41, 5.74) is 0.393. The lowest BCUT2D eigenvalue weighted by atomic mass is 9.84. The van der Waals surface area contributed by atoms with Crippen LogP contribution in [0.4, 0.5) is 4.79 Å². The Morgan fingerprint density at radius 2 is 1.88 bits per heavy atom. The molecular formula is C18H15ClN2O3. The second-order valence-corrected chi connectivity index (χ2v) is 6.32. The van der Waals surface area contributed by atoms with E-state index in [1.807, 2.05) is 42.5 Å². The van der Waals surface area contributed by atoms with Crippen molar-refractivity contribution in [3.05, 3.63) is 64.7 Å². The van der Waals surface area contributed by atoms with Crippen molar-refractivity contribution in [2.75, 3.05) is 6.61 Å². The number of carbonyl (C=O) groups excluding carboxylic acids is 2. The molecule has 5 nitrogen and oxygen atoms in total. The molecule has 2 aliphatic heterocycles. The number of ether oxygens (including phenoxy) is 1. The quantitative estimate of drug-likeness (QED) is 0.853. The number of nitrogens with zero attached hydrogens (tertiary/aromatic N) is 1. The highest BCUT2D eigenvalue weighted by Crippen LogP contribution is 2.41. The Morgan fingerprint density at radius 3 is 2.71 bits per heavy atom. The van der Waals surface area contributed by atoms with E-state index < -0.39 is 11.6 Å². The van der Waals surface area contributed by atoms with Crippen molar-refractivity contribution >= 4 is 23.5 Å². The Morgan fingerprint density at radius 1 is 1.12 bits per heavy atom. The van der Waals surface area contributed by atoms with E-state index >= 15 is 0 Å². The van der Waals surface area contributed by atoms with Gasteiger partial charge in [0.2, 0.25) is 0 Å². The number of benzene rings is 2. The minimum atomic E-state index is -1.05. The lowest BCUT2D eigenvalue weighted by Crippen LogP contribution is -2.47. The summed E-state index contributed by atoms with van der Waals surface area (Å²) >= 11 is 6.17. The fraction of sp³-hybridized carbons (Fsp3) is 0.222. The van der Waals surface area contributed by atoms with Gasteiger partial charge in [0, 0.05) is 17.0 Å². The Hall–Kier alpha value is -2.53. The van der Waals surface area contributed by atoms with Gasteiger partial charge in [-0.15, -0.1) is 0 Å². The minimum Gasteiger partial charge on any atom is -0.493 e. The Bertz CT molecular complexity index is 839. The molecule has 1 atom stereocenters. The highest BCUT2D eigenvalue weighted by Gasteiger charge is 2.54. The normalized spacial score (nSPS) is 22.3. The first-order chi connectivity index (χ1) is 11.6. The number of hydrogen-bond donors (Lipinski definition) is 1. The number of urea groups is 1. The largest absolute Gasteiger partial charge is 0.493 e. The van der Waals surface area contributed by atoms with Crippen LogP contribution < -0.4 is 10.1 Å². The van der Waals surface area contributed by atoms with Crippen molar-refractivity contribution < 1.29 is 14.3 Å². The van der Waals surface area contributed by atoms with Crippen LogP contribution in [0, 0.1) is 0 Å². The van der Waals surface area contributed by atoms with Crippen molar-refractivity contribution in [3.8, 4) is 5.75 Å². The molecule has 3 amide bonds. The second kappa shape index (κ2) is 5.53. The van der Waals surface area contributed by atoms with Gasteiger partial charge in [0.15, 0.2) is 5.54 Å². The van der Waals surface area contributed by atoms with Crippen LogP contribution in [-0.4, -0.2) is 23.4 Å². The van der Waals surface area contributed by atoms with Gasteiger partial charge in [-0.2, -0.15) is 0 Å². The van der Waals surface area contributed by atoms with Crippen LogP contribution in [0.5, 0.6) is 5.75 Å². The van der Waals surface area contributed by atoms with E-state index in [4.69, 9.17) is 16.3 Å². The van der Waals surface area contributed by atoms with Gasteiger partial charge in [-0.1, -0.05) is 48.0 Å². The first kappa shape index (κ1) is 15.0. The van der Waals surface area contributed by atoms with Gasteiger partial charge in [0.25, 0.3) is 5.91 Å². The average Bonchev–Trinajstić information content (AvgIpc) is 2.82. The Balaban J connectivity index is 1.71. The van der Waals surface area contributed by atoms with Crippen molar-refractivity contribution in [1.82, 2.24) is 10.2 Å². The molecule has 2 aromatic carbocycles. The van der Waals surface area contributed by atoms with E-state index in [0.29, 0.717) is 29.4 Å². The number of nitrogens with one attached hydrogen (secondary N) is 1. The van der Waals surface area contributed by atoms with Gasteiger partial charge in [0.1, 0.15) is 5.75 Å². The smallest absolute Gasteiger partial charge is 0.325 e. The summed E-state index contributed by atoms with van der Waals surface area (Å²) in [5.74, 6) is 0.375. The number of amides is 3. The maximum Gasteiger partial charge on any atom is 0.325 e. The van der Waals surface area contributed by atoms with Crippen LogP contribution in [0.2, 0.25) is 5.02 Å². The molecule has 1 N–H and O–H groups in total. The molecule has 24 heavy (non-hydrogen) atoms. The van der Waals surface area contributed by atoms with Crippen molar-refractivity contribution in [3.63, 3.8) is 0 Å². The standard InChI is InChI=1S/C18H15ClN2O3/c19-14-7-3-1-5-12(14)11-21-16(22)18(20-17(21)23)9-10-24-15-8-4-2-6-13(15)18/h1-8H,9-11H2,(H,20,23)/t18-/m1/s1. The highest BCUT2D eigenvalue weighted by molar-refractivity contribution is 6.31. The van der Waals surface area contributed by atoms with E-state index in [-0.39, 0.29) is 12.5 Å². The second-order valence-electron chi connectivity index (χ2n) is 5.91. The van der Waals surface area contributed by atoms with Crippen LogP contribution >= 0.6 is 11.6 Å². The molecular weight excluding hydrogens is 328 g/mol. The number of hydrogen-bond acceptors (Lipinski definition) is 3. The molecule has 6 heteroatoms. The van der Waals surface area contributed by atoms with Crippen LogP contribution in [0.25, 0.3) is 0 Å². The zero-order chi connectivity index (χ0) is 16.7. The highest BCUT2D eigenvalue weighted by atomic mass is 35.5. The van der Waals surface area contributed by atoms with Crippen LogP contribution in [-0.2, 0) is 16.9 Å². The van der Waals surface area contributed by atoms with E-state index in [0.717, 1.165) is 5.56 Å². The lowest BCUT2D eigenvalue weighted by molar-refractivity contribution is -0.133. The van der Waals surface area contributed by atoms with Crippen molar-refractivity contribution in [1.29, 1.82) is 0 Å².